The Hall–Kier alpha value is -1.59. The van der Waals surface area contributed by atoms with Crippen LogP contribution in [-0.4, -0.2) is 24.4 Å². The first-order valence-electron chi connectivity index (χ1n) is 7.34. The monoisotopic (exact) mass is 327 g/mol. The second kappa shape index (κ2) is 10.2. The van der Waals surface area contributed by atoms with Crippen molar-refractivity contribution in [2.75, 3.05) is 11.9 Å². The van der Waals surface area contributed by atoms with Crippen molar-refractivity contribution in [1.82, 2.24) is 5.32 Å². The number of carbonyl (C=O) groups is 2. The number of anilines is 1. The summed E-state index contributed by atoms with van der Waals surface area (Å²) in [5, 5.41) is 5.32. The summed E-state index contributed by atoms with van der Waals surface area (Å²) in [6.07, 6.45) is 1.51. The maximum absolute atomic E-state index is 11.8. The first-order valence-corrected chi connectivity index (χ1v) is 7.34. The highest BCUT2D eigenvalue weighted by Gasteiger charge is 2.15. The molecule has 0 spiro atoms. The van der Waals surface area contributed by atoms with Gasteiger partial charge in [0.2, 0.25) is 11.8 Å². The molecule has 0 saturated heterocycles. The van der Waals surface area contributed by atoms with Gasteiger partial charge in [-0.3, -0.25) is 9.59 Å². The zero-order chi connectivity index (χ0) is 15.8. The molecule has 1 atom stereocenters. The molecule has 1 aromatic rings. The first kappa shape index (κ1) is 20.4. The summed E-state index contributed by atoms with van der Waals surface area (Å²) in [5.74, 6) is -0.203. The van der Waals surface area contributed by atoms with E-state index in [2.05, 4.69) is 17.6 Å². The molecule has 0 radical (unpaired) electrons. The maximum Gasteiger partial charge on any atom is 0.243 e. The standard InChI is InChI=1S/C16H25N3O2.ClH/c1-4-12-6-5-7-13(9-12)19-15(20)10-18-16(21)14(17)8-11(2)3;/h5-7,9,11,14H,4,8,10,17H2,1-3H3,(H,18,21)(H,19,20);1H/t14-;/m0./s1. The lowest BCUT2D eigenvalue weighted by atomic mass is 10.0. The minimum atomic E-state index is -0.568. The second-order valence-electron chi connectivity index (χ2n) is 5.56. The quantitative estimate of drug-likeness (QED) is 0.717. The van der Waals surface area contributed by atoms with Crippen LogP contribution < -0.4 is 16.4 Å². The number of carbonyl (C=O) groups excluding carboxylic acids is 2. The summed E-state index contributed by atoms with van der Waals surface area (Å²) in [7, 11) is 0. The predicted molar refractivity (Wildman–Crippen MR) is 92.1 cm³/mol. The van der Waals surface area contributed by atoms with E-state index in [1.54, 1.807) is 0 Å². The molecule has 22 heavy (non-hydrogen) atoms. The van der Waals surface area contributed by atoms with Gasteiger partial charge in [0, 0.05) is 5.69 Å². The number of hydrogen-bond acceptors (Lipinski definition) is 3. The van der Waals surface area contributed by atoms with Gasteiger partial charge in [-0.15, -0.1) is 12.4 Å². The van der Waals surface area contributed by atoms with Gasteiger partial charge in [0.25, 0.3) is 0 Å². The van der Waals surface area contributed by atoms with Gasteiger partial charge >= 0.3 is 0 Å². The molecule has 2 amide bonds. The Bertz CT molecular complexity index is 492. The second-order valence-corrected chi connectivity index (χ2v) is 5.56. The molecule has 0 aliphatic heterocycles. The highest BCUT2D eigenvalue weighted by atomic mass is 35.5. The molecule has 5 nitrogen and oxygen atoms in total. The van der Waals surface area contributed by atoms with Crippen molar-refractivity contribution in [2.24, 2.45) is 11.7 Å². The van der Waals surface area contributed by atoms with Crippen LogP contribution in [0.4, 0.5) is 5.69 Å². The minimum Gasteiger partial charge on any atom is -0.346 e. The molecule has 6 heteroatoms. The van der Waals surface area contributed by atoms with Crippen LogP contribution >= 0.6 is 12.4 Å². The van der Waals surface area contributed by atoms with Crippen LogP contribution in [0.5, 0.6) is 0 Å². The van der Waals surface area contributed by atoms with Crippen LogP contribution in [0.15, 0.2) is 24.3 Å². The van der Waals surface area contributed by atoms with E-state index in [9.17, 15) is 9.59 Å². The number of hydrogen-bond donors (Lipinski definition) is 3. The van der Waals surface area contributed by atoms with Gasteiger partial charge in [0.15, 0.2) is 0 Å². The number of nitrogens with two attached hydrogens (primary N) is 1. The van der Waals surface area contributed by atoms with Crippen LogP contribution in [0.3, 0.4) is 0 Å². The van der Waals surface area contributed by atoms with Gasteiger partial charge in [0.05, 0.1) is 12.6 Å². The normalized spacial score (nSPS) is 11.5. The van der Waals surface area contributed by atoms with E-state index < -0.39 is 6.04 Å². The Morgan fingerprint density at radius 1 is 1.27 bits per heavy atom. The summed E-state index contributed by atoms with van der Waals surface area (Å²) in [6.45, 7) is 5.99. The number of benzene rings is 1. The number of aryl methyl sites for hydroxylation is 1. The number of rotatable bonds is 7. The molecular formula is C16H26ClN3O2. The van der Waals surface area contributed by atoms with E-state index in [-0.39, 0.29) is 30.8 Å². The van der Waals surface area contributed by atoms with Crippen LogP contribution in [-0.2, 0) is 16.0 Å². The number of amides is 2. The summed E-state index contributed by atoms with van der Waals surface area (Å²) in [6, 6.07) is 7.07. The Morgan fingerprint density at radius 2 is 1.95 bits per heavy atom. The minimum absolute atomic E-state index is 0. The van der Waals surface area contributed by atoms with Gasteiger partial charge in [0.1, 0.15) is 0 Å². The Labute approximate surface area is 138 Å². The summed E-state index contributed by atoms with van der Waals surface area (Å²) < 4.78 is 0. The van der Waals surface area contributed by atoms with Crippen LogP contribution in [0.2, 0.25) is 0 Å². The summed E-state index contributed by atoms with van der Waals surface area (Å²) in [5.41, 5.74) is 7.64. The highest BCUT2D eigenvalue weighted by Crippen LogP contribution is 2.10. The van der Waals surface area contributed by atoms with Crippen molar-refractivity contribution < 1.29 is 9.59 Å². The third-order valence-electron chi connectivity index (χ3n) is 3.10. The zero-order valence-corrected chi connectivity index (χ0v) is 14.2. The van der Waals surface area contributed by atoms with Crippen LogP contribution in [0.1, 0.15) is 32.8 Å². The lowest BCUT2D eigenvalue weighted by Crippen LogP contribution is -2.44. The van der Waals surface area contributed by atoms with Crippen molar-refractivity contribution in [1.29, 1.82) is 0 Å². The predicted octanol–water partition coefficient (Wildman–Crippen LogP) is 2.10. The fraction of sp³-hybridized carbons (Fsp3) is 0.500. The van der Waals surface area contributed by atoms with E-state index in [1.165, 1.54) is 0 Å². The van der Waals surface area contributed by atoms with E-state index in [0.29, 0.717) is 12.3 Å². The molecule has 1 aromatic carbocycles. The molecule has 0 bridgehead atoms. The van der Waals surface area contributed by atoms with E-state index >= 15 is 0 Å². The molecule has 0 aromatic heterocycles. The molecule has 124 valence electrons. The SMILES string of the molecule is CCc1cccc(NC(=O)CNC(=O)[C@@H](N)CC(C)C)c1.Cl. The summed E-state index contributed by atoms with van der Waals surface area (Å²) >= 11 is 0. The largest absolute Gasteiger partial charge is 0.346 e. The maximum atomic E-state index is 11.8. The lowest BCUT2D eigenvalue weighted by Gasteiger charge is -2.14. The molecular weight excluding hydrogens is 302 g/mol. The molecule has 0 aliphatic carbocycles. The summed E-state index contributed by atoms with van der Waals surface area (Å²) in [4.78, 5) is 23.5. The van der Waals surface area contributed by atoms with Crippen LogP contribution in [0.25, 0.3) is 0 Å². The Morgan fingerprint density at radius 3 is 2.55 bits per heavy atom. The van der Waals surface area contributed by atoms with Crippen molar-refractivity contribution in [3.63, 3.8) is 0 Å². The molecule has 0 aliphatic rings. The van der Waals surface area contributed by atoms with E-state index in [4.69, 9.17) is 5.73 Å². The fourth-order valence-corrected chi connectivity index (χ4v) is 1.99. The average Bonchev–Trinajstić information content (AvgIpc) is 2.44. The van der Waals surface area contributed by atoms with E-state index in [0.717, 1.165) is 17.7 Å². The molecule has 0 fully saturated rings. The first-order chi connectivity index (χ1) is 9.92. The van der Waals surface area contributed by atoms with Gasteiger partial charge in [-0.05, 0) is 36.5 Å². The van der Waals surface area contributed by atoms with Gasteiger partial charge in [-0.1, -0.05) is 32.9 Å². The molecule has 1 rings (SSSR count). The third kappa shape index (κ3) is 7.43. The van der Waals surface area contributed by atoms with Gasteiger partial charge < -0.3 is 16.4 Å². The number of nitrogens with one attached hydrogen (secondary N) is 2. The molecule has 0 heterocycles. The lowest BCUT2D eigenvalue weighted by molar-refractivity contribution is -0.125. The highest BCUT2D eigenvalue weighted by molar-refractivity contribution is 5.95. The molecule has 4 N–H and O–H groups in total. The van der Waals surface area contributed by atoms with Gasteiger partial charge in [-0.2, -0.15) is 0 Å². The molecule has 0 unspecified atom stereocenters. The smallest absolute Gasteiger partial charge is 0.243 e. The van der Waals surface area contributed by atoms with Crippen molar-refractivity contribution in [2.45, 2.75) is 39.7 Å². The fourth-order valence-electron chi connectivity index (χ4n) is 1.99. The van der Waals surface area contributed by atoms with Crippen LogP contribution in [0, 0.1) is 5.92 Å². The topological polar surface area (TPSA) is 84.2 Å². The van der Waals surface area contributed by atoms with Crippen molar-refractivity contribution in [3.8, 4) is 0 Å². The third-order valence-corrected chi connectivity index (χ3v) is 3.10. The van der Waals surface area contributed by atoms with Gasteiger partial charge in [-0.25, -0.2) is 0 Å². The van der Waals surface area contributed by atoms with Crippen molar-refractivity contribution >= 4 is 29.9 Å². The average molecular weight is 328 g/mol. The number of halogens is 1. The zero-order valence-electron chi connectivity index (χ0n) is 13.4. The Kier molecular flexibility index (Phi) is 9.45. The van der Waals surface area contributed by atoms with Crippen molar-refractivity contribution in [3.05, 3.63) is 29.8 Å². The Balaban J connectivity index is 0.00000441. The van der Waals surface area contributed by atoms with E-state index in [1.807, 2.05) is 38.1 Å². The molecule has 0 saturated carbocycles.